The summed E-state index contributed by atoms with van der Waals surface area (Å²) in [4.78, 5) is 12.0. The van der Waals surface area contributed by atoms with Gasteiger partial charge in [-0.25, -0.2) is 5.43 Å². The molecular weight excluding hydrogens is 376 g/mol. The average Bonchev–Trinajstić information content (AvgIpc) is 2.74. The van der Waals surface area contributed by atoms with Crippen molar-refractivity contribution in [3.63, 3.8) is 0 Å². The van der Waals surface area contributed by atoms with E-state index in [0.29, 0.717) is 22.9 Å². The van der Waals surface area contributed by atoms with E-state index in [2.05, 4.69) is 10.5 Å². The highest BCUT2D eigenvalue weighted by Crippen LogP contribution is 2.15. The van der Waals surface area contributed by atoms with Crippen molar-refractivity contribution in [2.24, 2.45) is 5.10 Å². The van der Waals surface area contributed by atoms with Crippen molar-refractivity contribution in [3.05, 3.63) is 94.5 Å². The first-order valence-electron chi connectivity index (χ1n) is 8.59. The number of hydrogen-bond donors (Lipinski definition) is 1. The normalized spacial score (nSPS) is 10.6. The van der Waals surface area contributed by atoms with E-state index in [1.165, 1.54) is 0 Å². The molecule has 0 atom stereocenters. The highest BCUT2D eigenvalue weighted by molar-refractivity contribution is 6.30. The molecule has 6 heteroatoms. The third kappa shape index (κ3) is 5.59. The number of carbonyl (C=O) groups excluding carboxylic acids is 1. The third-order valence-corrected chi connectivity index (χ3v) is 4.18. The van der Waals surface area contributed by atoms with Gasteiger partial charge in [0.15, 0.2) is 0 Å². The zero-order valence-electron chi connectivity index (χ0n) is 15.3. The van der Waals surface area contributed by atoms with Crippen molar-refractivity contribution in [1.29, 1.82) is 0 Å². The molecule has 0 saturated carbocycles. The number of nitrogens with one attached hydrogen (secondary N) is 1. The number of hydrogen-bond acceptors (Lipinski definition) is 4. The number of ether oxygens (including phenoxy) is 2. The Balaban J connectivity index is 1.50. The molecule has 0 radical (unpaired) electrons. The molecule has 0 spiro atoms. The molecule has 1 amide bonds. The molecule has 3 aromatic carbocycles. The summed E-state index contributed by atoms with van der Waals surface area (Å²) in [6.45, 7) is 0.461. The van der Waals surface area contributed by atoms with Gasteiger partial charge >= 0.3 is 0 Å². The van der Waals surface area contributed by atoms with E-state index in [-0.39, 0.29) is 5.91 Å². The van der Waals surface area contributed by atoms with Gasteiger partial charge in [0.25, 0.3) is 5.91 Å². The fourth-order valence-electron chi connectivity index (χ4n) is 2.37. The molecule has 3 aromatic rings. The summed E-state index contributed by atoms with van der Waals surface area (Å²) in [7, 11) is 1.58. The van der Waals surface area contributed by atoms with Crippen LogP contribution >= 0.6 is 11.6 Å². The van der Waals surface area contributed by atoms with Gasteiger partial charge in [-0.05, 0) is 71.8 Å². The maximum absolute atomic E-state index is 12.0. The summed E-state index contributed by atoms with van der Waals surface area (Å²) < 4.78 is 10.8. The largest absolute Gasteiger partial charge is 0.497 e. The summed E-state index contributed by atoms with van der Waals surface area (Å²) in [6, 6.07) is 21.7. The number of hydrazone groups is 1. The number of carbonyl (C=O) groups is 1. The lowest BCUT2D eigenvalue weighted by molar-refractivity contribution is 0.0955. The van der Waals surface area contributed by atoms with E-state index in [0.717, 1.165) is 16.9 Å². The Kier molecular flexibility index (Phi) is 6.65. The Morgan fingerprint density at radius 1 is 0.964 bits per heavy atom. The molecule has 0 aliphatic rings. The molecule has 28 heavy (non-hydrogen) atoms. The smallest absolute Gasteiger partial charge is 0.271 e. The van der Waals surface area contributed by atoms with Crippen LogP contribution in [-0.4, -0.2) is 19.2 Å². The number of nitrogens with zero attached hydrogens (tertiary/aromatic N) is 1. The second-order valence-corrected chi connectivity index (χ2v) is 6.35. The molecular formula is C22H19ClN2O3. The molecule has 0 saturated heterocycles. The van der Waals surface area contributed by atoms with Crippen molar-refractivity contribution >= 4 is 23.7 Å². The first-order valence-corrected chi connectivity index (χ1v) is 8.96. The minimum atomic E-state index is -0.290. The molecule has 0 aliphatic carbocycles. The monoisotopic (exact) mass is 394 g/mol. The Morgan fingerprint density at radius 3 is 2.25 bits per heavy atom. The first kappa shape index (κ1) is 19.5. The fourth-order valence-corrected chi connectivity index (χ4v) is 2.50. The average molecular weight is 395 g/mol. The van der Waals surface area contributed by atoms with Crippen LogP contribution in [0.2, 0.25) is 5.02 Å². The minimum Gasteiger partial charge on any atom is -0.497 e. The van der Waals surface area contributed by atoms with Crippen LogP contribution in [0.3, 0.4) is 0 Å². The van der Waals surface area contributed by atoms with Crippen LogP contribution in [0, 0.1) is 0 Å². The number of amides is 1. The Morgan fingerprint density at radius 2 is 1.61 bits per heavy atom. The molecule has 142 valence electrons. The van der Waals surface area contributed by atoms with Crippen molar-refractivity contribution in [2.75, 3.05) is 7.11 Å². The summed E-state index contributed by atoms with van der Waals surface area (Å²) in [5, 5.41) is 4.68. The number of benzene rings is 3. The van der Waals surface area contributed by atoms with E-state index >= 15 is 0 Å². The first-order chi connectivity index (χ1) is 13.6. The molecule has 0 aromatic heterocycles. The van der Waals surface area contributed by atoms with E-state index in [4.69, 9.17) is 21.1 Å². The SMILES string of the molecule is COc1ccc(C(=O)NN=Cc2ccc(OCc3ccc(Cl)cc3)cc2)cc1. The van der Waals surface area contributed by atoms with E-state index in [1.54, 1.807) is 37.6 Å². The predicted octanol–water partition coefficient (Wildman–Crippen LogP) is 4.69. The van der Waals surface area contributed by atoms with Gasteiger partial charge in [-0.3, -0.25) is 4.79 Å². The maximum Gasteiger partial charge on any atom is 0.271 e. The summed E-state index contributed by atoms with van der Waals surface area (Å²) in [5.74, 6) is 1.15. The van der Waals surface area contributed by atoms with Gasteiger partial charge in [-0.15, -0.1) is 0 Å². The lowest BCUT2D eigenvalue weighted by Gasteiger charge is -2.06. The second-order valence-electron chi connectivity index (χ2n) is 5.91. The molecule has 1 N–H and O–H groups in total. The fraction of sp³-hybridized carbons (Fsp3) is 0.0909. The van der Waals surface area contributed by atoms with Crippen LogP contribution in [0.4, 0.5) is 0 Å². The quantitative estimate of drug-likeness (QED) is 0.467. The Hall–Kier alpha value is -3.31. The highest BCUT2D eigenvalue weighted by Gasteiger charge is 2.03. The summed E-state index contributed by atoms with van der Waals surface area (Å²) in [5.41, 5.74) is 4.88. The topological polar surface area (TPSA) is 59.9 Å². The molecule has 0 aliphatic heterocycles. The van der Waals surface area contributed by atoms with Crippen LogP contribution in [0.25, 0.3) is 0 Å². The van der Waals surface area contributed by atoms with Crippen LogP contribution in [0.15, 0.2) is 77.9 Å². The third-order valence-electron chi connectivity index (χ3n) is 3.93. The predicted molar refractivity (Wildman–Crippen MR) is 110 cm³/mol. The van der Waals surface area contributed by atoms with Crippen molar-refractivity contribution in [2.45, 2.75) is 6.61 Å². The summed E-state index contributed by atoms with van der Waals surface area (Å²) in [6.07, 6.45) is 1.57. The molecule has 5 nitrogen and oxygen atoms in total. The molecule has 0 fully saturated rings. The number of rotatable bonds is 7. The zero-order chi connectivity index (χ0) is 19.8. The van der Waals surface area contributed by atoms with Crippen molar-refractivity contribution in [3.8, 4) is 11.5 Å². The Bertz CT molecular complexity index is 937. The van der Waals surface area contributed by atoms with Crippen LogP contribution in [-0.2, 0) is 6.61 Å². The Labute approximate surface area is 168 Å². The van der Waals surface area contributed by atoms with Gasteiger partial charge in [-0.1, -0.05) is 23.7 Å². The molecule has 0 unspecified atom stereocenters. The van der Waals surface area contributed by atoms with E-state index < -0.39 is 0 Å². The van der Waals surface area contributed by atoms with Crippen molar-refractivity contribution < 1.29 is 14.3 Å². The van der Waals surface area contributed by atoms with Crippen molar-refractivity contribution in [1.82, 2.24) is 5.43 Å². The standard InChI is InChI=1S/C22H19ClN2O3/c1-27-20-12-6-18(7-13-20)22(26)25-24-14-16-4-10-21(11-5-16)28-15-17-2-8-19(23)9-3-17/h2-14H,15H2,1H3,(H,25,26). The minimum absolute atomic E-state index is 0.290. The number of methoxy groups -OCH3 is 1. The highest BCUT2D eigenvalue weighted by atomic mass is 35.5. The molecule has 0 bridgehead atoms. The van der Waals surface area contributed by atoms with Gasteiger partial charge in [-0.2, -0.15) is 5.10 Å². The van der Waals surface area contributed by atoms with Gasteiger partial charge in [0.2, 0.25) is 0 Å². The lowest BCUT2D eigenvalue weighted by Crippen LogP contribution is -2.17. The second kappa shape index (κ2) is 9.58. The molecule has 3 rings (SSSR count). The van der Waals surface area contributed by atoms with Gasteiger partial charge in [0.1, 0.15) is 18.1 Å². The van der Waals surface area contributed by atoms with Crippen LogP contribution < -0.4 is 14.9 Å². The number of halogens is 1. The van der Waals surface area contributed by atoms with E-state index in [1.807, 2.05) is 48.5 Å². The lowest BCUT2D eigenvalue weighted by atomic mass is 10.2. The van der Waals surface area contributed by atoms with E-state index in [9.17, 15) is 4.79 Å². The van der Waals surface area contributed by atoms with Gasteiger partial charge in [0.05, 0.1) is 13.3 Å². The van der Waals surface area contributed by atoms with Crippen LogP contribution in [0.1, 0.15) is 21.5 Å². The summed E-state index contributed by atoms with van der Waals surface area (Å²) >= 11 is 5.87. The molecule has 0 heterocycles. The van der Waals surface area contributed by atoms with Gasteiger partial charge < -0.3 is 9.47 Å². The van der Waals surface area contributed by atoms with Crippen LogP contribution in [0.5, 0.6) is 11.5 Å². The maximum atomic E-state index is 12.0. The zero-order valence-corrected chi connectivity index (χ0v) is 16.0. The van der Waals surface area contributed by atoms with Gasteiger partial charge in [0, 0.05) is 10.6 Å².